The third-order valence-corrected chi connectivity index (χ3v) is 5.48. The Morgan fingerprint density at radius 1 is 1.33 bits per heavy atom. The van der Waals surface area contributed by atoms with Crippen LogP contribution >= 0.6 is 0 Å². The summed E-state index contributed by atoms with van der Waals surface area (Å²) in [5.74, 6) is -1.63. The molecular weight excluding hydrogens is 350 g/mol. The monoisotopic (exact) mass is 373 g/mol. The molecule has 1 fully saturated rings. The fourth-order valence-electron chi connectivity index (χ4n) is 3.73. The van der Waals surface area contributed by atoms with Gasteiger partial charge >= 0.3 is 12.0 Å². The van der Waals surface area contributed by atoms with E-state index in [1.807, 2.05) is 24.3 Å². The second kappa shape index (κ2) is 6.68. The minimum absolute atomic E-state index is 0.308. The van der Waals surface area contributed by atoms with Crippen LogP contribution in [-0.2, 0) is 31.1 Å². The summed E-state index contributed by atoms with van der Waals surface area (Å²) in [6, 6.07) is 6.87. The molecule has 2 aliphatic rings. The van der Waals surface area contributed by atoms with Gasteiger partial charge in [-0.05, 0) is 37.3 Å². The molecule has 2 atom stereocenters. The van der Waals surface area contributed by atoms with E-state index in [9.17, 15) is 19.2 Å². The van der Waals surface area contributed by atoms with Crippen molar-refractivity contribution in [2.45, 2.75) is 44.2 Å². The number of hydrogen-bond donors (Lipinski definition) is 2. The van der Waals surface area contributed by atoms with Crippen molar-refractivity contribution in [3.05, 3.63) is 35.4 Å². The Bertz CT molecular complexity index is 823. The van der Waals surface area contributed by atoms with Crippen molar-refractivity contribution in [2.75, 3.05) is 13.7 Å². The molecule has 1 saturated heterocycles. The summed E-state index contributed by atoms with van der Waals surface area (Å²) in [6.45, 7) is 2.81. The molecule has 0 aromatic heterocycles. The predicted octanol–water partition coefficient (Wildman–Crippen LogP) is 0.838. The van der Waals surface area contributed by atoms with Gasteiger partial charge in [-0.25, -0.2) is 9.59 Å². The highest BCUT2D eigenvalue weighted by Crippen LogP contribution is 2.41. The fourth-order valence-corrected chi connectivity index (χ4v) is 3.73. The van der Waals surface area contributed by atoms with Crippen molar-refractivity contribution in [1.82, 2.24) is 15.5 Å². The molecule has 0 saturated carbocycles. The first kappa shape index (κ1) is 18.9. The van der Waals surface area contributed by atoms with Crippen LogP contribution in [0.1, 0.15) is 37.8 Å². The smallest absolute Gasteiger partial charge is 0.331 e. The lowest BCUT2D eigenvalue weighted by Gasteiger charge is -2.27. The molecule has 1 spiro atoms. The number of amides is 4. The summed E-state index contributed by atoms with van der Waals surface area (Å²) < 4.78 is 4.72. The highest BCUT2D eigenvalue weighted by Gasteiger charge is 2.55. The summed E-state index contributed by atoms with van der Waals surface area (Å²) in [5, 5.41) is 5.34. The molecule has 4 amide bonds. The quantitative estimate of drug-likeness (QED) is 0.588. The molecule has 2 N–H and O–H groups in total. The van der Waals surface area contributed by atoms with Crippen LogP contribution in [0.3, 0.4) is 0 Å². The lowest BCUT2D eigenvalue weighted by Crippen LogP contribution is -2.55. The Balaban J connectivity index is 1.77. The van der Waals surface area contributed by atoms with E-state index in [0.717, 1.165) is 16.0 Å². The van der Waals surface area contributed by atoms with E-state index in [-0.39, 0.29) is 0 Å². The summed E-state index contributed by atoms with van der Waals surface area (Å²) in [7, 11) is 1.24. The van der Waals surface area contributed by atoms with Crippen molar-refractivity contribution >= 4 is 23.8 Å². The zero-order valence-electron chi connectivity index (χ0n) is 15.6. The first-order chi connectivity index (χ1) is 12.8. The molecule has 144 valence electrons. The second-order valence-corrected chi connectivity index (χ2v) is 7.11. The van der Waals surface area contributed by atoms with Crippen LogP contribution in [0.25, 0.3) is 0 Å². The van der Waals surface area contributed by atoms with Crippen molar-refractivity contribution in [3.63, 3.8) is 0 Å². The van der Waals surface area contributed by atoms with E-state index < -0.39 is 41.4 Å². The van der Waals surface area contributed by atoms with Crippen molar-refractivity contribution in [3.8, 4) is 0 Å². The van der Waals surface area contributed by atoms with Gasteiger partial charge in [0.25, 0.3) is 5.91 Å². The van der Waals surface area contributed by atoms with Gasteiger partial charge < -0.3 is 15.4 Å². The number of esters is 1. The van der Waals surface area contributed by atoms with Gasteiger partial charge in [-0.15, -0.1) is 0 Å². The van der Waals surface area contributed by atoms with Gasteiger partial charge in [0.15, 0.2) is 0 Å². The number of hydrogen-bond acceptors (Lipinski definition) is 5. The number of nitrogens with one attached hydrogen (secondary N) is 2. The van der Waals surface area contributed by atoms with Crippen LogP contribution in [0.15, 0.2) is 24.3 Å². The Morgan fingerprint density at radius 2 is 2.04 bits per heavy atom. The normalized spacial score (nSPS) is 23.0. The molecular formula is C19H23N3O5. The standard InChI is InChI=1S/C19H23N3O5/c1-4-18(2,16(25)27-3)20-14(23)11-22-15(24)19(21-17(22)26)10-9-12-7-5-6-8-13(12)19/h5-8H,4,9-11H2,1-3H3,(H,20,23)(H,21,26). The number of methoxy groups -OCH3 is 1. The molecule has 3 rings (SSSR count). The van der Waals surface area contributed by atoms with E-state index in [0.29, 0.717) is 19.3 Å². The van der Waals surface area contributed by atoms with Gasteiger partial charge in [0.2, 0.25) is 5.91 Å². The minimum Gasteiger partial charge on any atom is -0.467 e. The van der Waals surface area contributed by atoms with E-state index >= 15 is 0 Å². The molecule has 2 unspecified atom stereocenters. The number of imide groups is 1. The van der Waals surface area contributed by atoms with Crippen LogP contribution in [-0.4, -0.2) is 47.9 Å². The van der Waals surface area contributed by atoms with Gasteiger partial charge in [-0.3, -0.25) is 14.5 Å². The van der Waals surface area contributed by atoms with Crippen LogP contribution in [0.5, 0.6) is 0 Å². The van der Waals surface area contributed by atoms with Gasteiger partial charge in [-0.1, -0.05) is 31.2 Å². The first-order valence-electron chi connectivity index (χ1n) is 8.89. The van der Waals surface area contributed by atoms with Crippen LogP contribution < -0.4 is 10.6 Å². The highest BCUT2D eigenvalue weighted by atomic mass is 16.5. The van der Waals surface area contributed by atoms with Gasteiger partial charge in [0.05, 0.1) is 7.11 Å². The average molecular weight is 373 g/mol. The Hall–Kier alpha value is -2.90. The SMILES string of the molecule is CCC(C)(NC(=O)CN1C(=O)NC2(CCc3ccccc32)C1=O)C(=O)OC. The van der Waals surface area contributed by atoms with Crippen molar-refractivity contribution in [1.29, 1.82) is 0 Å². The van der Waals surface area contributed by atoms with E-state index in [2.05, 4.69) is 10.6 Å². The zero-order valence-corrected chi connectivity index (χ0v) is 15.6. The molecule has 1 aliphatic carbocycles. The largest absolute Gasteiger partial charge is 0.467 e. The van der Waals surface area contributed by atoms with E-state index in [1.54, 1.807) is 6.92 Å². The number of ether oxygens (including phenoxy) is 1. The number of rotatable bonds is 5. The molecule has 1 aliphatic heterocycles. The molecule has 8 nitrogen and oxygen atoms in total. The highest BCUT2D eigenvalue weighted by molar-refractivity contribution is 6.10. The van der Waals surface area contributed by atoms with E-state index in [4.69, 9.17) is 4.74 Å². The molecule has 1 aromatic rings. The third-order valence-electron chi connectivity index (χ3n) is 5.48. The van der Waals surface area contributed by atoms with Crippen LogP contribution in [0.4, 0.5) is 4.79 Å². The molecule has 0 radical (unpaired) electrons. The summed E-state index contributed by atoms with van der Waals surface area (Å²) in [5.41, 5.74) is -0.534. The van der Waals surface area contributed by atoms with E-state index in [1.165, 1.54) is 14.0 Å². The Morgan fingerprint density at radius 3 is 2.70 bits per heavy atom. The molecule has 1 aromatic carbocycles. The Labute approximate surface area is 157 Å². The van der Waals surface area contributed by atoms with Gasteiger partial charge in [0, 0.05) is 0 Å². The maximum atomic E-state index is 13.0. The zero-order chi connectivity index (χ0) is 19.8. The number of urea groups is 1. The average Bonchev–Trinajstić information content (AvgIpc) is 3.14. The number of carbonyl (C=O) groups excluding carboxylic acids is 4. The summed E-state index contributed by atoms with van der Waals surface area (Å²) >= 11 is 0. The molecule has 8 heteroatoms. The molecule has 1 heterocycles. The third kappa shape index (κ3) is 2.94. The Kier molecular flexibility index (Phi) is 4.67. The van der Waals surface area contributed by atoms with Crippen molar-refractivity contribution < 1.29 is 23.9 Å². The van der Waals surface area contributed by atoms with Gasteiger partial charge in [0.1, 0.15) is 17.6 Å². The maximum Gasteiger partial charge on any atom is 0.331 e. The minimum atomic E-state index is -1.22. The second-order valence-electron chi connectivity index (χ2n) is 7.11. The summed E-state index contributed by atoms with van der Waals surface area (Å²) in [6.07, 6.45) is 1.45. The molecule has 27 heavy (non-hydrogen) atoms. The summed E-state index contributed by atoms with van der Waals surface area (Å²) in [4.78, 5) is 50.7. The van der Waals surface area contributed by atoms with Crippen molar-refractivity contribution in [2.24, 2.45) is 0 Å². The van der Waals surface area contributed by atoms with Crippen LogP contribution in [0.2, 0.25) is 0 Å². The predicted molar refractivity (Wildman–Crippen MR) is 95.5 cm³/mol. The molecule has 0 bridgehead atoms. The van der Waals surface area contributed by atoms with Crippen LogP contribution in [0, 0.1) is 0 Å². The number of carbonyl (C=O) groups is 4. The number of nitrogens with zero attached hydrogens (tertiary/aromatic N) is 1. The number of fused-ring (bicyclic) bond motifs is 2. The lowest BCUT2D eigenvalue weighted by atomic mass is 9.92. The maximum absolute atomic E-state index is 13.0. The number of aryl methyl sites for hydroxylation is 1. The lowest BCUT2D eigenvalue weighted by molar-refractivity contribution is -0.150. The first-order valence-corrected chi connectivity index (χ1v) is 8.89. The topological polar surface area (TPSA) is 105 Å². The van der Waals surface area contributed by atoms with Gasteiger partial charge in [-0.2, -0.15) is 0 Å². The fraction of sp³-hybridized carbons (Fsp3) is 0.474. The number of benzene rings is 1.